The standard InChI is InChI=1S/C19H23N3O3/c1-11-9-16(24)19(20-13(3)23)12(2)18(11)21-15-8-7-14(22(4)5)10-17(15)25-6/h7-10H,1-6H3,(H,20,23). The van der Waals surface area contributed by atoms with Crippen LogP contribution in [0.2, 0.25) is 0 Å². The predicted molar refractivity (Wildman–Crippen MR) is 99.7 cm³/mol. The molecule has 1 N–H and O–H groups in total. The smallest absolute Gasteiger partial charge is 0.221 e. The van der Waals surface area contributed by atoms with Crippen molar-refractivity contribution in [2.45, 2.75) is 20.8 Å². The van der Waals surface area contributed by atoms with E-state index in [4.69, 9.17) is 4.74 Å². The molecule has 1 aliphatic rings. The Labute approximate surface area is 147 Å². The molecule has 132 valence electrons. The Morgan fingerprint density at radius 3 is 2.48 bits per heavy atom. The SMILES string of the molecule is COc1cc(N(C)C)ccc1N=C1C(C)=CC(=O)C(NC(C)=O)=C1C. The number of ether oxygens (including phenoxy) is 1. The van der Waals surface area contributed by atoms with Crippen molar-refractivity contribution in [1.82, 2.24) is 5.32 Å². The average Bonchev–Trinajstić information content (AvgIpc) is 2.55. The molecule has 0 fully saturated rings. The topological polar surface area (TPSA) is 71.0 Å². The number of carbonyl (C=O) groups excluding carboxylic acids is 2. The van der Waals surface area contributed by atoms with Crippen molar-refractivity contribution in [2.75, 3.05) is 26.1 Å². The largest absolute Gasteiger partial charge is 0.494 e. The van der Waals surface area contributed by atoms with E-state index in [2.05, 4.69) is 10.3 Å². The van der Waals surface area contributed by atoms with Gasteiger partial charge < -0.3 is 15.0 Å². The van der Waals surface area contributed by atoms with Crippen LogP contribution in [-0.2, 0) is 9.59 Å². The molecule has 25 heavy (non-hydrogen) atoms. The second-order valence-electron chi connectivity index (χ2n) is 6.08. The minimum absolute atomic E-state index is 0.223. The molecule has 0 bridgehead atoms. The summed E-state index contributed by atoms with van der Waals surface area (Å²) in [6.45, 7) is 4.98. The summed E-state index contributed by atoms with van der Waals surface area (Å²) in [6.07, 6.45) is 1.48. The number of benzene rings is 1. The quantitative estimate of drug-likeness (QED) is 0.855. The van der Waals surface area contributed by atoms with Crippen LogP contribution < -0.4 is 15.0 Å². The van der Waals surface area contributed by atoms with Gasteiger partial charge in [0.05, 0.1) is 18.5 Å². The average molecular weight is 341 g/mol. The Kier molecular flexibility index (Phi) is 5.41. The number of hydrogen-bond donors (Lipinski definition) is 1. The van der Waals surface area contributed by atoms with Crippen LogP contribution in [0, 0.1) is 0 Å². The number of aliphatic imine (C=N–C) groups is 1. The van der Waals surface area contributed by atoms with Crippen molar-refractivity contribution in [2.24, 2.45) is 4.99 Å². The van der Waals surface area contributed by atoms with Gasteiger partial charge in [0.2, 0.25) is 11.7 Å². The monoisotopic (exact) mass is 341 g/mol. The molecule has 0 atom stereocenters. The fourth-order valence-electron chi connectivity index (χ4n) is 2.60. The van der Waals surface area contributed by atoms with Gasteiger partial charge in [-0.3, -0.25) is 9.59 Å². The second-order valence-corrected chi connectivity index (χ2v) is 6.08. The molecule has 0 radical (unpaired) electrons. The third-order valence-electron chi connectivity index (χ3n) is 3.91. The number of allylic oxidation sites excluding steroid dienone is 3. The highest BCUT2D eigenvalue weighted by Gasteiger charge is 2.23. The van der Waals surface area contributed by atoms with E-state index in [-0.39, 0.29) is 17.4 Å². The van der Waals surface area contributed by atoms with Gasteiger partial charge in [0.1, 0.15) is 11.4 Å². The lowest BCUT2D eigenvalue weighted by Crippen LogP contribution is -2.30. The lowest BCUT2D eigenvalue weighted by molar-refractivity contribution is -0.120. The maximum absolute atomic E-state index is 12.2. The lowest BCUT2D eigenvalue weighted by Gasteiger charge is -2.19. The highest BCUT2D eigenvalue weighted by atomic mass is 16.5. The van der Waals surface area contributed by atoms with E-state index in [0.29, 0.717) is 22.7 Å². The first-order chi connectivity index (χ1) is 11.7. The van der Waals surface area contributed by atoms with E-state index in [1.165, 1.54) is 13.0 Å². The molecule has 0 aromatic heterocycles. The van der Waals surface area contributed by atoms with Gasteiger partial charge in [-0.15, -0.1) is 0 Å². The number of carbonyl (C=O) groups is 2. The van der Waals surface area contributed by atoms with Crippen LogP contribution in [0.3, 0.4) is 0 Å². The van der Waals surface area contributed by atoms with E-state index in [0.717, 1.165) is 11.3 Å². The zero-order valence-electron chi connectivity index (χ0n) is 15.4. The van der Waals surface area contributed by atoms with E-state index >= 15 is 0 Å². The van der Waals surface area contributed by atoms with E-state index in [9.17, 15) is 9.59 Å². The third-order valence-corrected chi connectivity index (χ3v) is 3.91. The van der Waals surface area contributed by atoms with E-state index < -0.39 is 0 Å². The summed E-state index contributed by atoms with van der Waals surface area (Å²) in [7, 11) is 5.50. The van der Waals surface area contributed by atoms with Crippen molar-refractivity contribution in [3.8, 4) is 5.75 Å². The molecule has 6 nitrogen and oxygen atoms in total. The molecule has 2 rings (SSSR count). The first-order valence-corrected chi connectivity index (χ1v) is 7.90. The molecule has 1 aliphatic carbocycles. The van der Waals surface area contributed by atoms with Gasteiger partial charge in [0, 0.05) is 38.3 Å². The first kappa shape index (κ1) is 18.4. The highest BCUT2D eigenvalue weighted by Crippen LogP contribution is 2.33. The van der Waals surface area contributed by atoms with Crippen molar-refractivity contribution >= 4 is 28.8 Å². The Balaban J connectivity index is 2.55. The number of nitrogens with zero attached hydrogens (tertiary/aromatic N) is 2. The highest BCUT2D eigenvalue weighted by molar-refractivity contribution is 6.25. The molecular weight excluding hydrogens is 318 g/mol. The third kappa shape index (κ3) is 3.96. The van der Waals surface area contributed by atoms with Gasteiger partial charge in [-0.05, 0) is 37.6 Å². The van der Waals surface area contributed by atoms with Crippen molar-refractivity contribution in [3.05, 3.63) is 41.1 Å². The normalized spacial score (nSPS) is 16.0. The summed E-state index contributed by atoms with van der Waals surface area (Å²) in [5.41, 5.74) is 3.96. The minimum Gasteiger partial charge on any atom is -0.494 e. The molecule has 6 heteroatoms. The Morgan fingerprint density at radius 2 is 1.92 bits per heavy atom. The van der Waals surface area contributed by atoms with Gasteiger partial charge >= 0.3 is 0 Å². The maximum atomic E-state index is 12.2. The summed E-state index contributed by atoms with van der Waals surface area (Å²) in [5.74, 6) is 0.124. The number of anilines is 1. The zero-order chi connectivity index (χ0) is 18.7. The molecule has 0 aliphatic heterocycles. The summed E-state index contributed by atoms with van der Waals surface area (Å²) in [5, 5.41) is 2.60. The Hall–Kier alpha value is -2.89. The molecule has 1 aromatic carbocycles. The molecule has 0 spiro atoms. The summed E-state index contributed by atoms with van der Waals surface area (Å²) in [6, 6.07) is 5.72. The number of methoxy groups -OCH3 is 1. The van der Waals surface area contributed by atoms with Gasteiger partial charge in [0.15, 0.2) is 0 Å². The van der Waals surface area contributed by atoms with Crippen LogP contribution in [0.5, 0.6) is 5.75 Å². The van der Waals surface area contributed by atoms with Crippen LogP contribution in [0.1, 0.15) is 20.8 Å². The van der Waals surface area contributed by atoms with Gasteiger partial charge in [-0.2, -0.15) is 0 Å². The van der Waals surface area contributed by atoms with Crippen LogP contribution in [0.15, 0.2) is 46.1 Å². The van der Waals surface area contributed by atoms with Crippen molar-refractivity contribution in [1.29, 1.82) is 0 Å². The van der Waals surface area contributed by atoms with Crippen LogP contribution >= 0.6 is 0 Å². The van der Waals surface area contributed by atoms with Crippen LogP contribution in [0.25, 0.3) is 0 Å². The van der Waals surface area contributed by atoms with Crippen LogP contribution in [-0.4, -0.2) is 38.6 Å². The zero-order valence-corrected chi connectivity index (χ0v) is 15.4. The van der Waals surface area contributed by atoms with E-state index in [1.807, 2.05) is 44.1 Å². The fourth-order valence-corrected chi connectivity index (χ4v) is 2.60. The molecule has 1 aromatic rings. The maximum Gasteiger partial charge on any atom is 0.221 e. The lowest BCUT2D eigenvalue weighted by atomic mass is 9.94. The number of nitrogens with one attached hydrogen (secondary N) is 1. The molecule has 0 heterocycles. The van der Waals surface area contributed by atoms with Crippen molar-refractivity contribution in [3.63, 3.8) is 0 Å². The molecule has 0 saturated heterocycles. The van der Waals surface area contributed by atoms with Gasteiger partial charge in [-0.25, -0.2) is 4.99 Å². The second kappa shape index (κ2) is 7.34. The Morgan fingerprint density at radius 1 is 1.24 bits per heavy atom. The summed E-state index contributed by atoms with van der Waals surface area (Å²) >= 11 is 0. The van der Waals surface area contributed by atoms with Crippen molar-refractivity contribution < 1.29 is 14.3 Å². The first-order valence-electron chi connectivity index (χ1n) is 7.90. The van der Waals surface area contributed by atoms with E-state index in [1.54, 1.807) is 14.0 Å². The number of hydrogen-bond acceptors (Lipinski definition) is 5. The number of rotatable bonds is 4. The molecular formula is C19H23N3O3. The molecule has 1 amide bonds. The number of ketones is 1. The minimum atomic E-state index is -0.289. The summed E-state index contributed by atoms with van der Waals surface area (Å²) in [4.78, 5) is 30.2. The Bertz CT molecular complexity index is 817. The van der Waals surface area contributed by atoms with Crippen LogP contribution in [0.4, 0.5) is 11.4 Å². The molecule has 0 saturated carbocycles. The van der Waals surface area contributed by atoms with Gasteiger partial charge in [0.25, 0.3) is 0 Å². The summed E-state index contributed by atoms with van der Waals surface area (Å²) < 4.78 is 5.45. The predicted octanol–water partition coefficient (Wildman–Crippen LogP) is 2.77. The fraction of sp³-hybridized carbons (Fsp3) is 0.316. The number of amides is 1. The molecule has 0 unspecified atom stereocenters. The van der Waals surface area contributed by atoms with Gasteiger partial charge in [-0.1, -0.05) is 0 Å².